The van der Waals surface area contributed by atoms with Crippen LogP contribution in [0.3, 0.4) is 0 Å². The molecule has 1 fully saturated rings. The van der Waals surface area contributed by atoms with Crippen molar-refractivity contribution in [1.82, 2.24) is 0 Å². The van der Waals surface area contributed by atoms with Crippen molar-refractivity contribution in [3.8, 4) is 0 Å². The van der Waals surface area contributed by atoms with Gasteiger partial charge in [-0.2, -0.15) is 0 Å². The zero-order valence-corrected chi connectivity index (χ0v) is 8.21. The van der Waals surface area contributed by atoms with Crippen molar-refractivity contribution in [3.05, 3.63) is 0 Å². The van der Waals surface area contributed by atoms with E-state index in [4.69, 9.17) is 4.74 Å². The van der Waals surface area contributed by atoms with Gasteiger partial charge in [0.15, 0.2) is 0 Å². The van der Waals surface area contributed by atoms with Gasteiger partial charge in [0.05, 0.1) is 13.0 Å². The van der Waals surface area contributed by atoms with Crippen LogP contribution in [0.4, 0.5) is 0 Å². The number of ketones is 1. The molecule has 1 aliphatic rings. The standard InChI is InChI=1S/C10H16O3/c1-3-13-10(12)6-8-4-7(2)5-9(8)11/h7-8H,3-6H2,1-2H3/t7-,8+/m1/s1. The molecule has 0 amide bonds. The van der Waals surface area contributed by atoms with E-state index in [0.29, 0.717) is 18.9 Å². The van der Waals surface area contributed by atoms with Crippen molar-refractivity contribution in [2.24, 2.45) is 11.8 Å². The van der Waals surface area contributed by atoms with Crippen molar-refractivity contribution in [3.63, 3.8) is 0 Å². The largest absolute Gasteiger partial charge is 0.466 e. The van der Waals surface area contributed by atoms with E-state index < -0.39 is 0 Å². The minimum absolute atomic E-state index is 0.0750. The third kappa shape index (κ3) is 2.83. The maximum absolute atomic E-state index is 11.3. The lowest BCUT2D eigenvalue weighted by Gasteiger charge is -2.06. The van der Waals surface area contributed by atoms with Crippen LogP contribution < -0.4 is 0 Å². The summed E-state index contributed by atoms with van der Waals surface area (Å²) in [4.78, 5) is 22.4. The van der Waals surface area contributed by atoms with Gasteiger partial charge in [-0.1, -0.05) is 6.92 Å². The van der Waals surface area contributed by atoms with Crippen molar-refractivity contribution in [1.29, 1.82) is 0 Å². The molecule has 3 heteroatoms. The molecular formula is C10H16O3. The average Bonchev–Trinajstić information content (AvgIpc) is 2.30. The first-order valence-corrected chi connectivity index (χ1v) is 4.81. The molecule has 0 aromatic rings. The Morgan fingerprint density at radius 1 is 1.62 bits per heavy atom. The predicted molar refractivity (Wildman–Crippen MR) is 48.1 cm³/mol. The molecule has 0 aromatic carbocycles. The van der Waals surface area contributed by atoms with Crippen molar-refractivity contribution < 1.29 is 14.3 Å². The summed E-state index contributed by atoms with van der Waals surface area (Å²) < 4.78 is 4.80. The maximum Gasteiger partial charge on any atom is 0.306 e. The molecule has 0 bridgehead atoms. The van der Waals surface area contributed by atoms with Crippen LogP contribution in [0.25, 0.3) is 0 Å². The fourth-order valence-electron chi connectivity index (χ4n) is 1.83. The molecule has 0 radical (unpaired) electrons. The number of carbonyl (C=O) groups excluding carboxylic acids is 2. The molecule has 1 aliphatic carbocycles. The van der Waals surface area contributed by atoms with Gasteiger partial charge in [-0.25, -0.2) is 0 Å². The first-order chi connectivity index (χ1) is 6.13. The van der Waals surface area contributed by atoms with E-state index in [9.17, 15) is 9.59 Å². The monoisotopic (exact) mass is 184 g/mol. The highest BCUT2D eigenvalue weighted by Crippen LogP contribution is 2.29. The minimum atomic E-state index is -0.241. The molecule has 0 aromatic heterocycles. The van der Waals surface area contributed by atoms with E-state index in [1.54, 1.807) is 6.92 Å². The molecule has 13 heavy (non-hydrogen) atoms. The van der Waals surface area contributed by atoms with E-state index in [2.05, 4.69) is 0 Å². The molecule has 1 rings (SSSR count). The summed E-state index contributed by atoms with van der Waals surface area (Å²) in [7, 11) is 0. The SMILES string of the molecule is CCOC(=O)C[C@@H]1C[C@@H](C)CC1=O. The van der Waals surface area contributed by atoms with E-state index in [0.717, 1.165) is 6.42 Å². The van der Waals surface area contributed by atoms with Gasteiger partial charge in [0.2, 0.25) is 0 Å². The van der Waals surface area contributed by atoms with Crippen molar-refractivity contribution in [2.45, 2.75) is 33.1 Å². The van der Waals surface area contributed by atoms with E-state index in [1.807, 2.05) is 6.92 Å². The molecule has 0 unspecified atom stereocenters. The van der Waals surface area contributed by atoms with Gasteiger partial charge in [-0.3, -0.25) is 9.59 Å². The van der Waals surface area contributed by atoms with Crippen LogP contribution in [0, 0.1) is 11.8 Å². The van der Waals surface area contributed by atoms with Gasteiger partial charge in [-0.15, -0.1) is 0 Å². The van der Waals surface area contributed by atoms with Crippen LogP contribution in [-0.2, 0) is 14.3 Å². The Bertz CT molecular complexity index is 210. The number of rotatable bonds is 3. The molecular weight excluding hydrogens is 168 g/mol. The number of hydrogen-bond donors (Lipinski definition) is 0. The van der Waals surface area contributed by atoms with Crippen LogP contribution in [0.1, 0.15) is 33.1 Å². The summed E-state index contributed by atoms with van der Waals surface area (Å²) in [6.45, 7) is 4.22. The van der Waals surface area contributed by atoms with E-state index in [-0.39, 0.29) is 24.1 Å². The van der Waals surface area contributed by atoms with Gasteiger partial charge in [0.25, 0.3) is 0 Å². The third-order valence-corrected chi connectivity index (χ3v) is 2.41. The van der Waals surface area contributed by atoms with Crippen LogP contribution in [0.15, 0.2) is 0 Å². The van der Waals surface area contributed by atoms with Crippen molar-refractivity contribution in [2.75, 3.05) is 6.61 Å². The normalized spacial score (nSPS) is 27.7. The lowest BCUT2D eigenvalue weighted by molar-refractivity contribution is -0.145. The summed E-state index contributed by atoms with van der Waals surface area (Å²) in [5.41, 5.74) is 0. The summed E-state index contributed by atoms with van der Waals surface area (Å²) in [5.74, 6) is 0.344. The molecule has 0 saturated heterocycles. The van der Waals surface area contributed by atoms with E-state index >= 15 is 0 Å². The molecule has 0 heterocycles. The Labute approximate surface area is 78.5 Å². The van der Waals surface area contributed by atoms with Gasteiger partial charge in [0, 0.05) is 12.3 Å². The smallest absolute Gasteiger partial charge is 0.306 e. The van der Waals surface area contributed by atoms with Gasteiger partial charge < -0.3 is 4.74 Å². The Hall–Kier alpha value is -0.860. The van der Waals surface area contributed by atoms with Crippen LogP contribution in [-0.4, -0.2) is 18.4 Å². The second-order valence-electron chi connectivity index (χ2n) is 3.72. The first kappa shape index (κ1) is 10.2. The zero-order valence-electron chi connectivity index (χ0n) is 8.21. The molecule has 74 valence electrons. The molecule has 1 saturated carbocycles. The predicted octanol–water partition coefficient (Wildman–Crippen LogP) is 1.55. The molecule has 0 aliphatic heterocycles. The van der Waals surface area contributed by atoms with E-state index in [1.165, 1.54) is 0 Å². The topological polar surface area (TPSA) is 43.4 Å². The van der Waals surface area contributed by atoms with Crippen LogP contribution in [0.2, 0.25) is 0 Å². The number of carbonyl (C=O) groups is 2. The Morgan fingerprint density at radius 3 is 2.77 bits per heavy atom. The minimum Gasteiger partial charge on any atom is -0.466 e. The Kier molecular flexibility index (Phi) is 3.46. The number of ether oxygens (including phenoxy) is 1. The van der Waals surface area contributed by atoms with Gasteiger partial charge >= 0.3 is 5.97 Å². The fourth-order valence-corrected chi connectivity index (χ4v) is 1.83. The van der Waals surface area contributed by atoms with Crippen LogP contribution in [0.5, 0.6) is 0 Å². The lowest BCUT2D eigenvalue weighted by Crippen LogP contribution is -2.14. The second kappa shape index (κ2) is 4.40. The molecule has 0 spiro atoms. The van der Waals surface area contributed by atoms with Gasteiger partial charge in [0.1, 0.15) is 5.78 Å². The van der Waals surface area contributed by atoms with Crippen LogP contribution >= 0.6 is 0 Å². The third-order valence-electron chi connectivity index (χ3n) is 2.41. The average molecular weight is 184 g/mol. The highest BCUT2D eigenvalue weighted by molar-refractivity contribution is 5.87. The molecule has 3 nitrogen and oxygen atoms in total. The van der Waals surface area contributed by atoms with Crippen molar-refractivity contribution >= 4 is 11.8 Å². The zero-order chi connectivity index (χ0) is 9.84. The number of esters is 1. The quantitative estimate of drug-likeness (QED) is 0.625. The maximum atomic E-state index is 11.3. The summed E-state index contributed by atoms with van der Waals surface area (Å²) >= 11 is 0. The highest BCUT2D eigenvalue weighted by Gasteiger charge is 2.31. The summed E-state index contributed by atoms with van der Waals surface area (Å²) in [5, 5.41) is 0. The second-order valence-corrected chi connectivity index (χ2v) is 3.72. The highest BCUT2D eigenvalue weighted by atomic mass is 16.5. The number of Topliss-reactive ketones (excluding diaryl/α,β-unsaturated/α-hetero) is 1. The number of hydrogen-bond acceptors (Lipinski definition) is 3. The molecule has 0 N–H and O–H groups in total. The molecule has 2 atom stereocenters. The Balaban J connectivity index is 2.37. The fraction of sp³-hybridized carbons (Fsp3) is 0.800. The van der Waals surface area contributed by atoms with Gasteiger partial charge in [-0.05, 0) is 19.3 Å². The first-order valence-electron chi connectivity index (χ1n) is 4.81. The Morgan fingerprint density at radius 2 is 2.31 bits per heavy atom. The lowest BCUT2D eigenvalue weighted by atomic mass is 10.0. The summed E-state index contributed by atoms with van der Waals surface area (Å²) in [6.07, 6.45) is 1.75. The summed E-state index contributed by atoms with van der Waals surface area (Å²) in [6, 6.07) is 0.